The summed E-state index contributed by atoms with van der Waals surface area (Å²) in [6, 6.07) is 3.09. The molecule has 0 aromatic heterocycles. The molecular weight excluding hydrogens is 380 g/mol. The highest BCUT2D eigenvalue weighted by Gasteiger charge is 2.34. The Kier molecular flexibility index (Phi) is 5.37. The summed E-state index contributed by atoms with van der Waals surface area (Å²) >= 11 is 3.35. The normalized spacial score (nSPS) is 15.0. The zero-order chi connectivity index (χ0) is 18.1. The minimum absolute atomic E-state index is 0.0565. The van der Waals surface area contributed by atoms with Crippen molar-refractivity contribution < 1.29 is 19.2 Å². The van der Waals surface area contributed by atoms with E-state index >= 15 is 0 Å². The van der Waals surface area contributed by atoms with Crippen molar-refractivity contribution in [2.75, 3.05) is 19.7 Å². The summed E-state index contributed by atoms with van der Waals surface area (Å²) in [4.78, 5) is 24.1. The molecule has 1 aliphatic heterocycles. The van der Waals surface area contributed by atoms with E-state index in [-0.39, 0.29) is 23.4 Å². The number of halogens is 1. The lowest BCUT2D eigenvalue weighted by Crippen LogP contribution is -2.53. The summed E-state index contributed by atoms with van der Waals surface area (Å²) < 4.78 is 11.7. The van der Waals surface area contributed by atoms with Crippen LogP contribution < -0.4 is 4.74 Å². The molecule has 1 aromatic rings. The van der Waals surface area contributed by atoms with Gasteiger partial charge < -0.3 is 14.4 Å². The molecule has 132 valence electrons. The zero-order valence-corrected chi connectivity index (χ0v) is 15.8. The number of nitrogens with zero attached hydrogens (tertiary/aromatic N) is 2. The zero-order valence-electron chi connectivity index (χ0n) is 14.2. The Morgan fingerprint density at radius 1 is 1.42 bits per heavy atom. The number of rotatable bonds is 4. The van der Waals surface area contributed by atoms with Crippen LogP contribution in [0.15, 0.2) is 16.6 Å². The van der Waals surface area contributed by atoms with Crippen molar-refractivity contribution in [3.8, 4) is 5.75 Å². The first-order valence-corrected chi connectivity index (χ1v) is 8.41. The predicted octanol–water partition coefficient (Wildman–Crippen LogP) is 3.91. The van der Waals surface area contributed by atoms with Crippen molar-refractivity contribution in [3.63, 3.8) is 0 Å². The lowest BCUT2D eigenvalue weighted by molar-refractivity contribution is -0.386. The maximum Gasteiger partial charge on any atom is 0.410 e. The van der Waals surface area contributed by atoms with E-state index in [4.69, 9.17) is 9.47 Å². The highest BCUT2D eigenvalue weighted by atomic mass is 79.9. The number of benzene rings is 1. The maximum absolute atomic E-state index is 11.9. The van der Waals surface area contributed by atoms with Gasteiger partial charge in [-0.05, 0) is 33.3 Å². The van der Waals surface area contributed by atoms with Crippen molar-refractivity contribution in [3.05, 3.63) is 32.3 Å². The highest BCUT2D eigenvalue weighted by molar-refractivity contribution is 9.10. The molecule has 1 amide bonds. The topological polar surface area (TPSA) is 81.9 Å². The molecule has 0 radical (unpaired) electrons. The Hall–Kier alpha value is -1.83. The molecular formula is C16H21BrN2O5. The molecule has 1 heterocycles. The standard InChI is InChI=1S/C16H21BrN2O5/c1-10-5-13(19(21)22)14(6-12(10)17)23-9-11-7-18(8-11)15(20)24-16(2,3)4/h5-6,11H,7-9H2,1-4H3. The van der Waals surface area contributed by atoms with E-state index in [1.807, 2.05) is 20.8 Å². The average molecular weight is 401 g/mol. The number of amides is 1. The highest BCUT2D eigenvalue weighted by Crippen LogP contribution is 2.33. The van der Waals surface area contributed by atoms with Crippen LogP contribution in [0.25, 0.3) is 0 Å². The number of ether oxygens (including phenoxy) is 2. The van der Waals surface area contributed by atoms with Gasteiger partial charge in [-0.3, -0.25) is 10.1 Å². The molecule has 2 rings (SSSR count). The second kappa shape index (κ2) is 6.96. The molecule has 7 nitrogen and oxygen atoms in total. The molecule has 0 aliphatic carbocycles. The number of carbonyl (C=O) groups is 1. The van der Waals surface area contributed by atoms with Gasteiger partial charge in [0, 0.05) is 35.6 Å². The maximum atomic E-state index is 11.9. The first-order chi connectivity index (χ1) is 11.1. The SMILES string of the molecule is Cc1cc([N+](=O)[O-])c(OCC2CN(C(=O)OC(C)(C)C)C2)cc1Br. The summed E-state index contributed by atoms with van der Waals surface area (Å²) in [7, 11) is 0. The summed E-state index contributed by atoms with van der Waals surface area (Å²) in [5.74, 6) is 0.366. The summed E-state index contributed by atoms with van der Waals surface area (Å²) in [6.45, 7) is 8.60. The number of aryl methyl sites for hydroxylation is 1. The van der Waals surface area contributed by atoms with Crippen LogP contribution in [0.1, 0.15) is 26.3 Å². The molecule has 0 N–H and O–H groups in total. The monoisotopic (exact) mass is 400 g/mol. The molecule has 24 heavy (non-hydrogen) atoms. The summed E-state index contributed by atoms with van der Waals surface area (Å²) in [5.41, 5.74) is 0.195. The van der Waals surface area contributed by atoms with Crippen LogP contribution in [-0.2, 0) is 4.74 Å². The van der Waals surface area contributed by atoms with E-state index in [2.05, 4.69) is 15.9 Å². The van der Waals surface area contributed by atoms with E-state index in [9.17, 15) is 14.9 Å². The molecule has 1 fully saturated rings. The van der Waals surface area contributed by atoms with Gasteiger partial charge in [-0.2, -0.15) is 0 Å². The van der Waals surface area contributed by atoms with Crippen molar-refractivity contribution in [2.24, 2.45) is 5.92 Å². The number of carbonyl (C=O) groups excluding carboxylic acids is 1. The van der Waals surface area contributed by atoms with Gasteiger partial charge in [0.15, 0.2) is 5.75 Å². The van der Waals surface area contributed by atoms with E-state index in [0.29, 0.717) is 19.7 Å². The largest absolute Gasteiger partial charge is 0.486 e. The second-order valence-electron chi connectivity index (χ2n) is 6.89. The Labute approximate surface area is 149 Å². The minimum atomic E-state index is -0.520. The predicted molar refractivity (Wildman–Crippen MR) is 92.3 cm³/mol. The quantitative estimate of drug-likeness (QED) is 0.564. The number of nitro benzene ring substituents is 1. The third-order valence-corrected chi connectivity index (χ3v) is 4.37. The van der Waals surface area contributed by atoms with Crippen LogP contribution in [0.3, 0.4) is 0 Å². The molecule has 0 atom stereocenters. The van der Waals surface area contributed by atoms with Gasteiger partial charge in [0.05, 0.1) is 11.5 Å². The van der Waals surface area contributed by atoms with Gasteiger partial charge >= 0.3 is 11.8 Å². The molecule has 1 aliphatic rings. The van der Waals surface area contributed by atoms with Crippen LogP contribution in [0.2, 0.25) is 0 Å². The van der Waals surface area contributed by atoms with Crippen molar-refractivity contribution >= 4 is 27.7 Å². The molecule has 0 spiro atoms. The molecule has 0 saturated carbocycles. The fourth-order valence-corrected chi connectivity index (χ4v) is 2.59. The molecule has 0 unspecified atom stereocenters. The van der Waals surface area contributed by atoms with E-state index in [1.54, 1.807) is 17.9 Å². The van der Waals surface area contributed by atoms with Crippen LogP contribution in [0, 0.1) is 23.0 Å². The van der Waals surface area contributed by atoms with Gasteiger partial charge in [0.25, 0.3) is 0 Å². The van der Waals surface area contributed by atoms with Crippen LogP contribution in [0.5, 0.6) is 5.75 Å². The fourth-order valence-electron chi connectivity index (χ4n) is 2.26. The van der Waals surface area contributed by atoms with Gasteiger partial charge in [0.2, 0.25) is 0 Å². The average Bonchev–Trinajstić information content (AvgIpc) is 2.38. The summed E-state index contributed by atoms with van der Waals surface area (Å²) in [5, 5.41) is 11.1. The number of likely N-dealkylation sites (tertiary alicyclic amines) is 1. The Bertz CT molecular complexity index is 651. The molecule has 1 aromatic carbocycles. The van der Waals surface area contributed by atoms with Gasteiger partial charge in [-0.15, -0.1) is 0 Å². The van der Waals surface area contributed by atoms with Gasteiger partial charge in [-0.1, -0.05) is 15.9 Å². The Balaban J connectivity index is 1.89. The third kappa shape index (κ3) is 4.59. The second-order valence-corrected chi connectivity index (χ2v) is 7.74. The first-order valence-electron chi connectivity index (χ1n) is 7.62. The van der Waals surface area contributed by atoms with E-state index in [0.717, 1.165) is 10.0 Å². The minimum Gasteiger partial charge on any atom is -0.486 e. The Morgan fingerprint density at radius 3 is 2.58 bits per heavy atom. The van der Waals surface area contributed by atoms with Crippen LogP contribution >= 0.6 is 15.9 Å². The van der Waals surface area contributed by atoms with Gasteiger partial charge in [0.1, 0.15) is 5.60 Å². The fraction of sp³-hybridized carbons (Fsp3) is 0.562. The summed E-state index contributed by atoms with van der Waals surface area (Å²) in [6.07, 6.45) is -0.345. The smallest absolute Gasteiger partial charge is 0.410 e. The third-order valence-electron chi connectivity index (χ3n) is 3.52. The van der Waals surface area contributed by atoms with Crippen molar-refractivity contribution in [1.29, 1.82) is 0 Å². The number of hydrogen-bond acceptors (Lipinski definition) is 5. The molecule has 8 heteroatoms. The van der Waals surface area contributed by atoms with Gasteiger partial charge in [-0.25, -0.2) is 4.79 Å². The lowest BCUT2D eigenvalue weighted by Gasteiger charge is -2.39. The number of nitro groups is 1. The Morgan fingerprint density at radius 2 is 2.04 bits per heavy atom. The molecule has 1 saturated heterocycles. The van der Waals surface area contributed by atoms with Crippen LogP contribution in [-0.4, -0.2) is 41.2 Å². The molecule has 0 bridgehead atoms. The lowest BCUT2D eigenvalue weighted by atomic mass is 10.0. The van der Waals surface area contributed by atoms with Crippen LogP contribution in [0.4, 0.5) is 10.5 Å². The first kappa shape index (κ1) is 18.5. The van der Waals surface area contributed by atoms with Crippen molar-refractivity contribution in [2.45, 2.75) is 33.3 Å². The van der Waals surface area contributed by atoms with E-state index in [1.165, 1.54) is 6.07 Å². The van der Waals surface area contributed by atoms with E-state index < -0.39 is 10.5 Å². The van der Waals surface area contributed by atoms with Crippen molar-refractivity contribution in [1.82, 2.24) is 4.90 Å². The number of hydrogen-bond donors (Lipinski definition) is 0.